The predicted octanol–water partition coefficient (Wildman–Crippen LogP) is 2.06. The summed E-state index contributed by atoms with van der Waals surface area (Å²) >= 11 is 0. The van der Waals surface area contributed by atoms with Crippen molar-refractivity contribution in [3.05, 3.63) is 35.1 Å². The van der Waals surface area contributed by atoms with Gasteiger partial charge in [-0.3, -0.25) is 0 Å². The van der Waals surface area contributed by atoms with E-state index in [9.17, 15) is 23.1 Å². The predicted molar refractivity (Wildman–Crippen MR) is 59.3 cm³/mol. The molecule has 1 aromatic rings. The third kappa shape index (κ3) is 3.24. The van der Waals surface area contributed by atoms with Crippen LogP contribution in [0.25, 0.3) is 0 Å². The zero-order chi connectivity index (χ0) is 14.6. The van der Waals surface area contributed by atoms with Gasteiger partial charge in [0.1, 0.15) is 5.82 Å². The molecule has 1 N–H and O–H groups in total. The Labute approximate surface area is 107 Å². The Kier molecular flexibility index (Phi) is 4.90. The first-order valence-corrected chi connectivity index (χ1v) is 5.40. The number of ether oxygens (including phenoxy) is 2. The van der Waals surface area contributed by atoms with Crippen LogP contribution in [0.3, 0.4) is 0 Å². The molecular weight excluding hydrogens is 265 g/mol. The Morgan fingerprint density at radius 1 is 1.47 bits per heavy atom. The van der Waals surface area contributed by atoms with Gasteiger partial charge in [0.05, 0.1) is 18.2 Å². The fourth-order valence-corrected chi connectivity index (χ4v) is 1.42. The van der Waals surface area contributed by atoms with Crippen LogP contribution in [0, 0.1) is 5.82 Å². The summed E-state index contributed by atoms with van der Waals surface area (Å²) in [4.78, 5) is 11.2. The minimum absolute atomic E-state index is 0.172. The molecule has 0 heterocycles. The molecule has 1 atom stereocenters. The zero-order valence-electron chi connectivity index (χ0n) is 10.3. The van der Waals surface area contributed by atoms with Gasteiger partial charge in [0.2, 0.25) is 6.29 Å². The van der Waals surface area contributed by atoms with E-state index in [4.69, 9.17) is 0 Å². The quantitative estimate of drug-likeness (QED) is 0.661. The first-order valence-electron chi connectivity index (χ1n) is 5.40. The lowest BCUT2D eigenvalue weighted by atomic mass is 10.0. The van der Waals surface area contributed by atoms with Gasteiger partial charge in [-0.15, -0.1) is 0 Å². The molecule has 0 fully saturated rings. The highest BCUT2D eigenvalue weighted by molar-refractivity contribution is 5.89. The Balaban J connectivity index is 3.21. The van der Waals surface area contributed by atoms with Crippen molar-refractivity contribution in [1.82, 2.24) is 0 Å². The summed E-state index contributed by atoms with van der Waals surface area (Å²) in [5.74, 6) is -6.12. The summed E-state index contributed by atoms with van der Waals surface area (Å²) in [6.07, 6.45) is -2.50. The van der Waals surface area contributed by atoms with Crippen molar-refractivity contribution in [2.75, 3.05) is 13.7 Å². The van der Waals surface area contributed by atoms with Crippen molar-refractivity contribution in [3.63, 3.8) is 0 Å². The molecule has 7 heteroatoms. The second kappa shape index (κ2) is 6.03. The van der Waals surface area contributed by atoms with Crippen LogP contribution in [0.4, 0.5) is 13.2 Å². The van der Waals surface area contributed by atoms with Gasteiger partial charge in [-0.25, -0.2) is 9.18 Å². The van der Waals surface area contributed by atoms with Crippen molar-refractivity contribution >= 4 is 5.97 Å². The third-order valence-electron chi connectivity index (χ3n) is 2.38. The molecule has 0 saturated heterocycles. The molecule has 0 aliphatic carbocycles. The topological polar surface area (TPSA) is 55.8 Å². The second-order valence-electron chi connectivity index (χ2n) is 3.62. The summed E-state index contributed by atoms with van der Waals surface area (Å²) in [5.41, 5.74) is -1.38. The summed E-state index contributed by atoms with van der Waals surface area (Å²) in [5, 5.41) is 9.19. The molecule has 1 rings (SSSR count). The van der Waals surface area contributed by atoms with Gasteiger partial charge in [0.15, 0.2) is 0 Å². The van der Waals surface area contributed by atoms with Gasteiger partial charge in [-0.05, 0) is 25.1 Å². The van der Waals surface area contributed by atoms with Crippen molar-refractivity contribution < 1.29 is 32.5 Å². The molecule has 0 radical (unpaired) electrons. The number of rotatable bonds is 5. The van der Waals surface area contributed by atoms with Crippen molar-refractivity contribution in [1.29, 1.82) is 0 Å². The maximum Gasteiger partial charge on any atom is 0.337 e. The highest BCUT2D eigenvalue weighted by Crippen LogP contribution is 2.34. The molecule has 106 valence electrons. The minimum atomic E-state index is -3.98. The highest BCUT2D eigenvalue weighted by atomic mass is 19.3. The number of benzene rings is 1. The van der Waals surface area contributed by atoms with E-state index in [0.717, 1.165) is 13.2 Å². The van der Waals surface area contributed by atoms with E-state index in [1.807, 2.05) is 0 Å². The highest BCUT2D eigenvalue weighted by Gasteiger charge is 2.44. The molecule has 0 spiro atoms. The zero-order valence-corrected chi connectivity index (χ0v) is 10.3. The molecule has 0 aliphatic rings. The third-order valence-corrected chi connectivity index (χ3v) is 2.38. The van der Waals surface area contributed by atoms with Crippen molar-refractivity contribution in [2.45, 2.75) is 19.1 Å². The number of esters is 1. The standard InChI is InChI=1S/C12H13F3O4/c1-3-19-11(17)12(14,15)8-6-7(10(16)18-2)4-5-9(8)13/h4-6,11,17H,3H2,1-2H3. The van der Waals surface area contributed by atoms with Crippen LogP contribution >= 0.6 is 0 Å². The smallest absolute Gasteiger partial charge is 0.337 e. The van der Waals surface area contributed by atoms with Gasteiger partial charge in [0.25, 0.3) is 0 Å². The second-order valence-corrected chi connectivity index (χ2v) is 3.62. The van der Waals surface area contributed by atoms with Crippen molar-refractivity contribution in [2.24, 2.45) is 0 Å². The van der Waals surface area contributed by atoms with E-state index in [0.29, 0.717) is 12.1 Å². The van der Waals surface area contributed by atoms with Crippen LogP contribution in [-0.4, -0.2) is 31.1 Å². The van der Waals surface area contributed by atoms with E-state index in [1.54, 1.807) is 0 Å². The Hall–Kier alpha value is -1.60. The SMILES string of the molecule is CCOC(O)C(F)(F)c1cc(C(=O)OC)ccc1F. The average Bonchev–Trinajstić information content (AvgIpc) is 2.38. The number of aliphatic hydroxyl groups excluding tert-OH is 1. The summed E-state index contributed by atoms with van der Waals surface area (Å²) in [7, 11) is 1.07. The molecule has 0 saturated carbocycles. The Bertz CT molecular complexity index is 462. The first kappa shape index (κ1) is 15.5. The Morgan fingerprint density at radius 2 is 2.11 bits per heavy atom. The van der Waals surface area contributed by atoms with Gasteiger partial charge < -0.3 is 14.6 Å². The molecule has 19 heavy (non-hydrogen) atoms. The largest absolute Gasteiger partial charge is 0.465 e. The summed E-state index contributed by atoms with van der Waals surface area (Å²) in [6.45, 7) is 1.23. The normalized spacial score (nSPS) is 13.2. The molecule has 0 aromatic heterocycles. The number of carbonyl (C=O) groups excluding carboxylic acids is 1. The van der Waals surface area contributed by atoms with Gasteiger partial charge in [-0.2, -0.15) is 8.78 Å². The molecule has 1 aromatic carbocycles. The lowest BCUT2D eigenvalue weighted by molar-refractivity contribution is -0.239. The lowest BCUT2D eigenvalue weighted by Crippen LogP contribution is -2.34. The van der Waals surface area contributed by atoms with Crippen LogP contribution < -0.4 is 0 Å². The molecule has 0 amide bonds. The summed E-state index contributed by atoms with van der Waals surface area (Å²) < 4.78 is 49.7. The number of alkyl halides is 2. The first-order chi connectivity index (χ1) is 8.84. The number of hydrogen-bond acceptors (Lipinski definition) is 4. The van der Waals surface area contributed by atoms with Crippen LogP contribution in [0.2, 0.25) is 0 Å². The number of aliphatic hydroxyl groups is 1. The number of methoxy groups -OCH3 is 1. The molecular formula is C12H13F3O4. The van der Waals surface area contributed by atoms with E-state index in [-0.39, 0.29) is 12.2 Å². The average molecular weight is 278 g/mol. The van der Waals surface area contributed by atoms with Crippen molar-refractivity contribution in [3.8, 4) is 0 Å². The maximum absolute atomic E-state index is 13.8. The van der Waals surface area contributed by atoms with Gasteiger partial charge in [-0.1, -0.05) is 0 Å². The van der Waals surface area contributed by atoms with Crippen LogP contribution in [-0.2, 0) is 15.4 Å². The number of carbonyl (C=O) groups is 1. The van der Waals surface area contributed by atoms with Gasteiger partial charge >= 0.3 is 11.9 Å². The van der Waals surface area contributed by atoms with E-state index >= 15 is 0 Å². The number of halogens is 3. The van der Waals surface area contributed by atoms with Crippen LogP contribution in [0.15, 0.2) is 18.2 Å². The van der Waals surface area contributed by atoms with Crippen LogP contribution in [0.1, 0.15) is 22.8 Å². The fourth-order valence-electron chi connectivity index (χ4n) is 1.42. The van der Waals surface area contributed by atoms with E-state index in [2.05, 4.69) is 9.47 Å². The molecule has 1 unspecified atom stereocenters. The van der Waals surface area contributed by atoms with Crippen LogP contribution in [0.5, 0.6) is 0 Å². The minimum Gasteiger partial charge on any atom is -0.465 e. The van der Waals surface area contributed by atoms with E-state index < -0.39 is 29.6 Å². The lowest BCUT2D eigenvalue weighted by Gasteiger charge is -2.23. The van der Waals surface area contributed by atoms with E-state index in [1.165, 1.54) is 6.92 Å². The fraction of sp³-hybridized carbons (Fsp3) is 0.417. The summed E-state index contributed by atoms with van der Waals surface area (Å²) in [6, 6.07) is 2.34. The monoisotopic (exact) mass is 278 g/mol. The number of hydrogen-bond donors (Lipinski definition) is 1. The molecule has 4 nitrogen and oxygen atoms in total. The Morgan fingerprint density at radius 3 is 2.63 bits per heavy atom. The maximum atomic E-state index is 13.8. The van der Waals surface area contributed by atoms with Gasteiger partial charge in [0, 0.05) is 6.61 Å². The molecule has 0 aliphatic heterocycles. The molecule has 0 bridgehead atoms.